The third kappa shape index (κ3) is 5.82. The van der Waals surface area contributed by atoms with Crippen molar-refractivity contribution in [2.24, 2.45) is 5.73 Å². The minimum atomic E-state index is -0.440. The average Bonchev–Trinajstić information content (AvgIpc) is 2.65. The summed E-state index contributed by atoms with van der Waals surface area (Å²) >= 11 is 0. The quantitative estimate of drug-likeness (QED) is 0.559. The Hall–Kier alpha value is -1.91. The lowest BCUT2D eigenvalue weighted by molar-refractivity contribution is 0.0117. The SMILES string of the molecule is CCCCCCCCOC(CO)Cc1ccc2ccccc2c1C(N)=O. The molecule has 26 heavy (non-hydrogen) atoms. The minimum Gasteiger partial charge on any atom is -0.394 e. The first-order chi connectivity index (χ1) is 12.7. The van der Waals surface area contributed by atoms with E-state index in [4.69, 9.17) is 10.5 Å². The zero-order chi connectivity index (χ0) is 18.8. The number of aliphatic hydroxyl groups is 1. The summed E-state index contributed by atoms with van der Waals surface area (Å²) in [5.41, 5.74) is 7.00. The maximum absolute atomic E-state index is 12.0. The number of hydrogen-bond donors (Lipinski definition) is 2. The molecule has 0 bridgehead atoms. The maximum Gasteiger partial charge on any atom is 0.249 e. The molecule has 0 radical (unpaired) electrons. The first-order valence-electron chi connectivity index (χ1n) is 9.70. The number of fused-ring (bicyclic) bond motifs is 1. The van der Waals surface area contributed by atoms with E-state index in [0.29, 0.717) is 18.6 Å². The van der Waals surface area contributed by atoms with Crippen LogP contribution < -0.4 is 5.73 Å². The van der Waals surface area contributed by atoms with Gasteiger partial charge in [-0.25, -0.2) is 0 Å². The van der Waals surface area contributed by atoms with E-state index < -0.39 is 5.91 Å². The fourth-order valence-corrected chi connectivity index (χ4v) is 3.33. The van der Waals surface area contributed by atoms with Gasteiger partial charge in [-0.3, -0.25) is 4.79 Å². The van der Waals surface area contributed by atoms with Gasteiger partial charge < -0.3 is 15.6 Å². The molecule has 2 rings (SSSR count). The molecule has 0 fully saturated rings. The Bertz CT molecular complexity index is 699. The fraction of sp³-hybridized carbons (Fsp3) is 0.500. The number of rotatable bonds is 12. The van der Waals surface area contributed by atoms with Crippen LogP contribution in [0.2, 0.25) is 0 Å². The number of primary amides is 1. The summed E-state index contributed by atoms with van der Waals surface area (Å²) in [6.07, 6.45) is 7.37. The summed E-state index contributed by atoms with van der Waals surface area (Å²) in [6.45, 7) is 2.78. The van der Waals surface area contributed by atoms with E-state index in [0.717, 1.165) is 29.2 Å². The second-order valence-corrected chi connectivity index (χ2v) is 6.83. The molecule has 142 valence electrons. The van der Waals surface area contributed by atoms with Gasteiger partial charge in [-0.2, -0.15) is 0 Å². The Balaban J connectivity index is 1.97. The molecule has 1 unspecified atom stereocenters. The van der Waals surface area contributed by atoms with Gasteiger partial charge in [0.2, 0.25) is 5.91 Å². The molecule has 3 N–H and O–H groups in total. The van der Waals surface area contributed by atoms with Crippen LogP contribution in [0, 0.1) is 0 Å². The number of ether oxygens (including phenoxy) is 1. The van der Waals surface area contributed by atoms with Crippen molar-refractivity contribution in [2.45, 2.75) is 58.0 Å². The third-order valence-corrected chi connectivity index (χ3v) is 4.76. The molecule has 0 aliphatic carbocycles. The molecule has 4 heteroatoms. The maximum atomic E-state index is 12.0. The van der Waals surface area contributed by atoms with Gasteiger partial charge in [0, 0.05) is 13.0 Å². The number of amides is 1. The lowest BCUT2D eigenvalue weighted by atomic mass is 9.95. The highest BCUT2D eigenvalue weighted by atomic mass is 16.5. The molecule has 0 aliphatic heterocycles. The molecule has 0 spiro atoms. The lowest BCUT2D eigenvalue weighted by Gasteiger charge is -2.18. The summed E-state index contributed by atoms with van der Waals surface area (Å²) < 4.78 is 5.85. The predicted octanol–water partition coefficient (Wildman–Crippen LogP) is 4.22. The Morgan fingerprint density at radius 3 is 2.54 bits per heavy atom. The minimum absolute atomic E-state index is 0.0686. The van der Waals surface area contributed by atoms with Crippen molar-refractivity contribution in [3.05, 3.63) is 47.5 Å². The van der Waals surface area contributed by atoms with E-state index >= 15 is 0 Å². The number of hydrogen-bond acceptors (Lipinski definition) is 3. The molecule has 4 nitrogen and oxygen atoms in total. The number of carbonyl (C=O) groups excluding carboxylic acids is 1. The van der Waals surface area contributed by atoms with Crippen molar-refractivity contribution in [1.82, 2.24) is 0 Å². The molecule has 0 saturated heterocycles. The molecule has 0 heterocycles. The van der Waals surface area contributed by atoms with Crippen molar-refractivity contribution >= 4 is 16.7 Å². The number of nitrogens with two attached hydrogens (primary N) is 1. The van der Waals surface area contributed by atoms with Crippen LogP contribution in [0.3, 0.4) is 0 Å². The second-order valence-electron chi connectivity index (χ2n) is 6.83. The molecular weight excluding hydrogens is 326 g/mol. The summed E-state index contributed by atoms with van der Waals surface area (Å²) in [5.74, 6) is -0.440. The number of aliphatic hydroxyl groups excluding tert-OH is 1. The van der Waals surface area contributed by atoms with Crippen LogP contribution in [0.25, 0.3) is 10.8 Å². The number of carbonyl (C=O) groups is 1. The normalized spacial score (nSPS) is 12.4. The smallest absolute Gasteiger partial charge is 0.249 e. The van der Waals surface area contributed by atoms with Crippen LogP contribution in [-0.4, -0.2) is 30.3 Å². The Morgan fingerprint density at radius 2 is 1.81 bits per heavy atom. The predicted molar refractivity (Wildman–Crippen MR) is 106 cm³/mol. The van der Waals surface area contributed by atoms with Gasteiger partial charge in [0.15, 0.2) is 0 Å². The van der Waals surface area contributed by atoms with E-state index in [2.05, 4.69) is 6.92 Å². The summed E-state index contributed by atoms with van der Waals surface area (Å²) in [6, 6.07) is 11.6. The Labute approximate surface area is 156 Å². The van der Waals surface area contributed by atoms with E-state index in [1.54, 1.807) is 0 Å². The van der Waals surface area contributed by atoms with Crippen molar-refractivity contribution in [3.63, 3.8) is 0 Å². The van der Waals surface area contributed by atoms with Gasteiger partial charge in [0.1, 0.15) is 0 Å². The van der Waals surface area contributed by atoms with Crippen LogP contribution in [0.1, 0.15) is 61.4 Å². The van der Waals surface area contributed by atoms with Gasteiger partial charge in [-0.15, -0.1) is 0 Å². The average molecular weight is 357 g/mol. The fourth-order valence-electron chi connectivity index (χ4n) is 3.33. The van der Waals surface area contributed by atoms with Crippen LogP contribution in [0.5, 0.6) is 0 Å². The van der Waals surface area contributed by atoms with Crippen molar-refractivity contribution < 1.29 is 14.6 Å². The molecule has 0 aliphatic rings. The van der Waals surface area contributed by atoms with Gasteiger partial charge in [-0.05, 0) is 22.8 Å². The van der Waals surface area contributed by atoms with Crippen LogP contribution in [0.15, 0.2) is 36.4 Å². The summed E-state index contributed by atoms with van der Waals surface area (Å²) in [5, 5.41) is 11.5. The monoisotopic (exact) mass is 357 g/mol. The summed E-state index contributed by atoms with van der Waals surface area (Å²) in [4.78, 5) is 12.0. The lowest BCUT2D eigenvalue weighted by Crippen LogP contribution is -2.24. The van der Waals surface area contributed by atoms with Gasteiger partial charge in [0.05, 0.1) is 18.3 Å². The largest absolute Gasteiger partial charge is 0.394 e. The highest BCUT2D eigenvalue weighted by molar-refractivity contribution is 6.07. The standard InChI is InChI=1S/C22H31NO3/c1-2-3-4-5-6-9-14-26-19(16-24)15-18-13-12-17-10-7-8-11-20(17)21(18)22(23)25/h7-8,10-13,19,24H,2-6,9,14-16H2,1H3,(H2,23,25). The van der Waals surface area contributed by atoms with Crippen molar-refractivity contribution in [3.8, 4) is 0 Å². The van der Waals surface area contributed by atoms with E-state index in [1.807, 2.05) is 36.4 Å². The van der Waals surface area contributed by atoms with Gasteiger partial charge in [0.25, 0.3) is 0 Å². The molecule has 0 saturated carbocycles. The summed E-state index contributed by atoms with van der Waals surface area (Å²) in [7, 11) is 0. The van der Waals surface area contributed by atoms with Crippen LogP contribution in [0.4, 0.5) is 0 Å². The van der Waals surface area contributed by atoms with Crippen LogP contribution >= 0.6 is 0 Å². The molecule has 2 aromatic rings. The molecule has 0 aromatic heterocycles. The zero-order valence-electron chi connectivity index (χ0n) is 15.7. The highest BCUT2D eigenvalue weighted by Gasteiger charge is 2.17. The van der Waals surface area contributed by atoms with Gasteiger partial charge in [-0.1, -0.05) is 75.4 Å². The number of unbranched alkanes of at least 4 members (excludes halogenated alkanes) is 5. The topological polar surface area (TPSA) is 72.6 Å². The van der Waals surface area contributed by atoms with E-state index in [1.165, 1.54) is 25.7 Å². The highest BCUT2D eigenvalue weighted by Crippen LogP contribution is 2.24. The molecule has 2 aromatic carbocycles. The van der Waals surface area contributed by atoms with Crippen LogP contribution in [-0.2, 0) is 11.2 Å². The molecular formula is C22H31NO3. The van der Waals surface area contributed by atoms with Gasteiger partial charge >= 0.3 is 0 Å². The first-order valence-corrected chi connectivity index (χ1v) is 9.70. The number of benzene rings is 2. The first kappa shape index (κ1) is 20.4. The molecule has 1 atom stereocenters. The third-order valence-electron chi connectivity index (χ3n) is 4.76. The Morgan fingerprint density at radius 1 is 1.08 bits per heavy atom. The van der Waals surface area contributed by atoms with Crippen molar-refractivity contribution in [1.29, 1.82) is 0 Å². The second kappa shape index (κ2) is 10.9. The zero-order valence-corrected chi connectivity index (χ0v) is 15.7. The molecule has 1 amide bonds. The van der Waals surface area contributed by atoms with Crippen molar-refractivity contribution in [2.75, 3.05) is 13.2 Å². The Kier molecular flexibility index (Phi) is 8.59. The van der Waals surface area contributed by atoms with E-state index in [-0.39, 0.29) is 12.7 Å². The van der Waals surface area contributed by atoms with E-state index in [9.17, 15) is 9.90 Å².